The lowest BCUT2D eigenvalue weighted by Gasteiger charge is -2.11. The van der Waals surface area contributed by atoms with Gasteiger partial charge >= 0.3 is 0 Å². The first-order valence-electron chi connectivity index (χ1n) is 4.55. The molecule has 0 aliphatic rings. The average molecular weight is 176 g/mol. The highest BCUT2D eigenvalue weighted by Crippen LogP contribution is 2.27. The number of rotatable bonds is 2. The lowest BCUT2D eigenvalue weighted by atomic mass is 9.96. The summed E-state index contributed by atoms with van der Waals surface area (Å²) in [4.78, 5) is 0. The van der Waals surface area contributed by atoms with Gasteiger partial charge in [0.2, 0.25) is 0 Å². The number of benzene rings is 1. The van der Waals surface area contributed by atoms with Gasteiger partial charge in [-0.15, -0.1) is 0 Å². The first-order valence-corrected chi connectivity index (χ1v) is 4.55. The van der Waals surface area contributed by atoms with E-state index in [-0.39, 0.29) is 0 Å². The van der Waals surface area contributed by atoms with Crippen LogP contribution in [0.2, 0.25) is 0 Å². The summed E-state index contributed by atoms with van der Waals surface area (Å²) in [5.74, 6) is 0.394. The average Bonchev–Trinajstić information content (AvgIpc) is 2.04. The zero-order valence-corrected chi connectivity index (χ0v) is 8.52. The molecular formula is C12H16O. The van der Waals surface area contributed by atoms with Crippen molar-refractivity contribution in [3.8, 4) is 5.75 Å². The second-order valence-corrected chi connectivity index (χ2v) is 3.37. The van der Waals surface area contributed by atoms with Crippen LogP contribution in [0, 0.1) is 6.92 Å². The van der Waals surface area contributed by atoms with Crippen LogP contribution in [0.1, 0.15) is 30.5 Å². The highest BCUT2D eigenvalue weighted by molar-refractivity contribution is 5.67. The molecule has 0 heterocycles. The van der Waals surface area contributed by atoms with Crippen molar-refractivity contribution in [1.29, 1.82) is 0 Å². The maximum absolute atomic E-state index is 9.57. The molecule has 1 aromatic carbocycles. The van der Waals surface area contributed by atoms with Crippen molar-refractivity contribution in [2.24, 2.45) is 0 Å². The Morgan fingerprint density at radius 2 is 2.08 bits per heavy atom. The topological polar surface area (TPSA) is 20.2 Å². The quantitative estimate of drug-likeness (QED) is 0.733. The molecule has 0 bridgehead atoms. The molecule has 0 atom stereocenters. The van der Waals surface area contributed by atoms with E-state index in [1.165, 1.54) is 0 Å². The molecule has 0 unspecified atom stereocenters. The van der Waals surface area contributed by atoms with Crippen LogP contribution in [0.25, 0.3) is 5.57 Å². The van der Waals surface area contributed by atoms with Crippen LogP contribution in [0.5, 0.6) is 5.75 Å². The summed E-state index contributed by atoms with van der Waals surface area (Å²) in [5, 5.41) is 9.57. The fourth-order valence-corrected chi connectivity index (χ4v) is 1.65. The van der Waals surface area contributed by atoms with Gasteiger partial charge in [-0.1, -0.05) is 25.1 Å². The second kappa shape index (κ2) is 3.65. The van der Waals surface area contributed by atoms with Gasteiger partial charge in [-0.25, -0.2) is 0 Å². The minimum Gasteiger partial charge on any atom is -0.508 e. The Balaban J connectivity index is 3.35. The second-order valence-electron chi connectivity index (χ2n) is 3.37. The molecule has 0 radical (unpaired) electrons. The van der Waals surface area contributed by atoms with Gasteiger partial charge < -0.3 is 5.11 Å². The van der Waals surface area contributed by atoms with Crippen molar-refractivity contribution in [1.82, 2.24) is 0 Å². The van der Waals surface area contributed by atoms with Crippen molar-refractivity contribution in [3.05, 3.63) is 35.4 Å². The van der Waals surface area contributed by atoms with Crippen LogP contribution < -0.4 is 0 Å². The maximum atomic E-state index is 9.57. The first kappa shape index (κ1) is 9.85. The predicted octanol–water partition coefficient (Wildman–Crippen LogP) is 3.30. The summed E-state index contributed by atoms with van der Waals surface area (Å²) in [6.07, 6.45) is 0.860. The van der Waals surface area contributed by atoms with Gasteiger partial charge in [0.15, 0.2) is 0 Å². The minimum absolute atomic E-state index is 0.394. The third kappa shape index (κ3) is 1.74. The van der Waals surface area contributed by atoms with Gasteiger partial charge in [0, 0.05) is 0 Å². The molecule has 0 aromatic heterocycles. The lowest BCUT2D eigenvalue weighted by Crippen LogP contribution is -1.92. The molecule has 1 rings (SSSR count). The fourth-order valence-electron chi connectivity index (χ4n) is 1.65. The van der Waals surface area contributed by atoms with Crippen molar-refractivity contribution >= 4 is 5.57 Å². The number of phenolic OH excluding ortho intramolecular Hbond substituents is 1. The Labute approximate surface area is 79.7 Å². The summed E-state index contributed by atoms with van der Waals surface area (Å²) in [6, 6.07) is 3.67. The lowest BCUT2D eigenvalue weighted by molar-refractivity contribution is 0.468. The molecule has 13 heavy (non-hydrogen) atoms. The molecule has 0 spiro atoms. The normalized spacial score (nSPS) is 10.1. The van der Waals surface area contributed by atoms with E-state index in [1.807, 2.05) is 26.8 Å². The Morgan fingerprint density at radius 3 is 2.54 bits per heavy atom. The van der Waals surface area contributed by atoms with Crippen LogP contribution in [-0.4, -0.2) is 5.11 Å². The van der Waals surface area contributed by atoms with Crippen LogP contribution in [-0.2, 0) is 6.42 Å². The molecular weight excluding hydrogens is 160 g/mol. The SMILES string of the molecule is C=C(C)c1ccc(O)c(CC)c1C. The molecule has 70 valence electrons. The number of phenols is 1. The van der Waals surface area contributed by atoms with Crippen LogP contribution in [0.3, 0.4) is 0 Å². The van der Waals surface area contributed by atoms with E-state index in [9.17, 15) is 5.11 Å². The number of hydrogen-bond acceptors (Lipinski definition) is 1. The Morgan fingerprint density at radius 1 is 1.46 bits per heavy atom. The Bertz CT molecular complexity index is 337. The molecule has 0 fully saturated rings. The van der Waals surface area contributed by atoms with Crippen molar-refractivity contribution in [2.45, 2.75) is 27.2 Å². The van der Waals surface area contributed by atoms with Gasteiger partial charge in [-0.3, -0.25) is 0 Å². The smallest absolute Gasteiger partial charge is 0.119 e. The molecule has 0 saturated carbocycles. The Kier molecular flexibility index (Phi) is 2.76. The molecule has 0 aliphatic carbocycles. The predicted molar refractivity (Wildman–Crippen MR) is 56.9 cm³/mol. The van der Waals surface area contributed by atoms with Crippen LogP contribution >= 0.6 is 0 Å². The standard InChI is InChI=1S/C12H16O/c1-5-10-9(4)11(8(2)3)6-7-12(10)13/h6-7,13H,2,5H2,1,3-4H3. The van der Waals surface area contributed by atoms with Gasteiger partial charge in [0.1, 0.15) is 5.75 Å². The fraction of sp³-hybridized carbons (Fsp3) is 0.333. The molecule has 0 amide bonds. The van der Waals surface area contributed by atoms with E-state index in [1.54, 1.807) is 6.07 Å². The van der Waals surface area contributed by atoms with Crippen molar-refractivity contribution < 1.29 is 5.11 Å². The monoisotopic (exact) mass is 176 g/mol. The zero-order chi connectivity index (χ0) is 10.0. The van der Waals surface area contributed by atoms with Gasteiger partial charge in [-0.05, 0) is 43.0 Å². The molecule has 1 nitrogen and oxygen atoms in total. The highest BCUT2D eigenvalue weighted by Gasteiger charge is 2.07. The molecule has 0 aliphatic heterocycles. The molecule has 1 N–H and O–H groups in total. The summed E-state index contributed by atoms with van der Waals surface area (Å²) in [5.41, 5.74) is 4.37. The van der Waals surface area contributed by atoms with Gasteiger partial charge in [0.05, 0.1) is 0 Å². The van der Waals surface area contributed by atoms with E-state index in [4.69, 9.17) is 0 Å². The summed E-state index contributed by atoms with van der Waals surface area (Å²) >= 11 is 0. The third-order valence-corrected chi connectivity index (χ3v) is 2.39. The van der Waals surface area contributed by atoms with Crippen molar-refractivity contribution in [3.63, 3.8) is 0 Å². The zero-order valence-electron chi connectivity index (χ0n) is 8.52. The van der Waals surface area contributed by atoms with Gasteiger partial charge in [0.25, 0.3) is 0 Å². The van der Waals surface area contributed by atoms with Crippen molar-refractivity contribution in [2.75, 3.05) is 0 Å². The van der Waals surface area contributed by atoms with Gasteiger partial charge in [-0.2, -0.15) is 0 Å². The van der Waals surface area contributed by atoms with E-state index < -0.39 is 0 Å². The largest absolute Gasteiger partial charge is 0.508 e. The van der Waals surface area contributed by atoms with E-state index in [0.29, 0.717) is 5.75 Å². The Hall–Kier alpha value is -1.24. The van der Waals surface area contributed by atoms with Crippen LogP contribution in [0.15, 0.2) is 18.7 Å². The third-order valence-electron chi connectivity index (χ3n) is 2.39. The number of aromatic hydroxyl groups is 1. The molecule has 0 saturated heterocycles. The number of hydrogen-bond donors (Lipinski definition) is 1. The summed E-state index contributed by atoms with van der Waals surface area (Å²) in [7, 11) is 0. The maximum Gasteiger partial charge on any atom is 0.119 e. The summed E-state index contributed by atoms with van der Waals surface area (Å²) in [6.45, 7) is 9.97. The number of allylic oxidation sites excluding steroid dienone is 1. The minimum atomic E-state index is 0.394. The summed E-state index contributed by atoms with van der Waals surface area (Å²) < 4.78 is 0. The van der Waals surface area contributed by atoms with E-state index in [0.717, 1.165) is 28.7 Å². The first-order chi connectivity index (χ1) is 6.07. The molecule has 1 aromatic rings. The van der Waals surface area contributed by atoms with E-state index >= 15 is 0 Å². The highest BCUT2D eigenvalue weighted by atomic mass is 16.3. The van der Waals surface area contributed by atoms with E-state index in [2.05, 4.69) is 6.58 Å². The van der Waals surface area contributed by atoms with Crippen LogP contribution in [0.4, 0.5) is 0 Å². The molecule has 1 heteroatoms.